The summed E-state index contributed by atoms with van der Waals surface area (Å²) >= 11 is 0. The lowest BCUT2D eigenvalue weighted by atomic mass is 9.97. The predicted octanol–water partition coefficient (Wildman–Crippen LogP) is 2.25. The summed E-state index contributed by atoms with van der Waals surface area (Å²) in [5.74, 6) is -1.11. The fraction of sp³-hybridized carbons (Fsp3) is 0.692. The molecule has 0 aliphatic heterocycles. The molecule has 2 N–H and O–H groups in total. The molecule has 4 nitrogen and oxygen atoms in total. The number of allylic oxidation sites excluding steroid dienone is 1. The first-order valence-electron chi connectivity index (χ1n) is 6.33. The molecule has 0 heterocycles. The number of hydrogen-bond donors (Lipinski definition) is 2. The molecule has 4 heteroatoms. The zero-order valence-electron chi connectivity index (χ0n) is 10.4. The molecule has 0 bridgehead atoms. The van der Waals surface area contributed by atoms with Crippen LogP contribution in [0.1, 0.15) is 51.9 Å². The van der Waals surface area contributed by atoms with Gasteiger partial charge in [-0.1, -0.05) is 25.0 Å². The molecule has 1 aliphatic rings. The highest BCUT2D eigenvalue weighted by atomic mass is 16.4. The molecule has 0 radical (unpaired) electrons. The fourth-order valence-corrected chi connectivity index (χ4v) is 2.06. The second-order valence-electron chi connectivity index (χ2n) is 4.53. The normalized spacial score (nSPS) is 17.1. The lowest BCUT2D eigenvalue weighted by Gasteiger charge is -2.16. The summed E-state index contributed by atoms with van der Waals surface area (Å²) in [6.07, 6.45) is 8.04. The third kappa shape index (κ3) is 5.02. The van der Waals surface area contributed by atoms with Crippen LogP contribution < -0.4 is 5.32 Å². The third-order valence-corrected chi connectivity index (χ3v) is 2.98. The number of rotatable bonds is 6. The largest absolute Gasteiger partial charge is 0.480 e. The van der Waals surface area contributed by atoms with E-state index < -0.39 is 12.0 Å². The van der Waals surface area contributed by atoms with Crippen LogP contribution in [0.4, 0.5) is 0 Å². The molecule has 96 valence electrons. The number of hydrogen-bond acceptors (Lipinski definition) is 2. The minimum atomic E-state index is -0.946. The summed E-state index contributed by atoms with van der Waals surface area (Å²) in [6, 6.07) is -0.739. The number of carbonyl (C=O) groups excluding carboxylic acids is 1. The Morgan fingerprint density at radius 3 is 2.76 bits per heavy atom. The highest BCUT2D eigenvalue weighted by Gasteiger charge is 2.19. The molecule has 0 saturated heterocycles. The lowest BCUT2D eigenvalue weighted by Crippen LogP contribution is -2.40. The van der Waals surface area contributed by atoms with E-state index in [0.29, 0.717) is 12.8 Å². The summed E-state index contributed by atoms with van der Waals surface area (Å²) in [7, 11) is 0. The first kappa shape index (κ1) is 13.7. The van der Waals surface area contributed by atoms with Crippen molar-refractivity contribution in [2.45, 2.75) is 57.9 Å². The van der Waals surface area contributed by atoms with Crippen molar-refractivity contribution in [3.63, 3.8) is 0 Å². The van der Waals surface area contributed by atoms with Gasteiger partial charge in [-0.2, -0.15) is 0 Å². The Hall–Kier alpha value is -1.32. The van der Waals surface area contributed by atoms with Gasteiger partial charge >= 0.3 is 5.97 Å². The molecule has 17 heavy (non-hydrogen) atoms. The van der Waals surface area contributed by atoms with Gasteiger partial charge in [0.2, 0.25) is 5.91 Å². The second-order valence-corrected chi connectivity index (χ2v) is 4.53. The van der Waals surface area contributed by atoms with Gasteiger partial charge in [-0.3, -0.25) is 4.79 Å². The van der Waals surface area contributed by atoms with Crippen molar-refractivity contribution in [1.82, 2.24) is 5.32 Å². The SMILES string of the molecule is CCC[C@@H](NC(=O)CC1=CCCCC1)C(=O)O. The van der Waals surface area contributed by atoms with Crippen molar-refractivity contribution < 1.29 is 14.7 Å². The van der Waals surface area contributed by atoms with Crippen LogP contribution in [0, 0.1) is 0 Å². The highest BCUT2D eigenvalue weighted by Crippen LogP contribution is 2.19. The second kappa shape index (κ2) is 7.09. The van der Waals surface area contributed by atoms with E-state index in [9.17, 15) is 9.59 Å². The summed E-state index contributed by atoms with van der Waals surface area (Å²) in [6.45, 7) is 1.91. The van der Waals surface area contributed by atoms with Crippen LogP contribution in [-0.2, 0) is 9.59 Å². The van der Waals surface area contributed by atoms with Gasteiger partial charge in [-0.25, -0.2) is 4.79 Å². The molecular weight excluding hydrogens is 218 g/mol. The fourth-order valence-electron chi connectivity index (χ4n) is 2.06. The first-order chi connectivity index (χ1) is 8.13. The summed E-state index contributed by atoms with van der Waals surface area (Å²) in [4.78, 5) is 22.6. The molecule has 1 amide bonds. The van der Waals surface area contributed by atoms with E-state index in [-0.39, 0.29) is 5.91 Å². The van der Waals surface area contributed by atoms with Crippen molar-refractivity contribution in [2.24, 2.45) is 0 Å². The predicted molar refractivity (Wildman–Crippen MR) is 65.6 cm³/mol. The number of aliphatic carboxylic acids is 1. The molecule has 0 spiro atoms. The third-order valence-electron chi connectivity index (χ3n) is 2.98. The van der Waals surface area contributed by atoms with Gasteiger partial charge in [0.25, 0.3) is 0 Å². The van der Waals surface area contributed by atoms with E-state index >= 15 is 0 Å². The van der Waals surface area contributed by atoms with Crippen LogP contribution in [0.25, 0.3) is 0 Å². The van der Waals surface area contributed by atoms with Crippen molar-refractivity contribution in [3.8, 4) is 0 Å². The van der Waals surface area contributed by atoms with E-state index in [1.165, 1.54) is 6.42 Å². The van der Waals surface area contributed by atoms with Gasteiger partial charge in [-0.15, -0.1) is 0 Å². The Bertz CT molecular complexity index is 310. The van der Waals surface area contributed by atoms with Crippen LogP contribution in [0.5, 0.6) is 0 Å². The topological polar surface area (TPSA) is 66.4 Å². The van der Waals surface area contributed by atoms with E-state index in [1.54, 1.807) is 0 Å². The van der Waals surface area contributed by atoms with Crippen molar-refractivity contribution >= 4 is 11.9 Å². The molecule has 1 rings (SSSR count). The van der Waals surface area contributed by atoms with Crippen molar-refractivity contribution in [2.75, 3.05) is 0 Å². The Morgan fingerprint density at radius 2 is 2.24 bits per heavy atom. The standard InChI is InChI=1S/C13H21NO3/c1-2-6-11(13(16)17)14-12(15)9-10-7-4-3-5-8-10/h7,11H,2-6,8-9H2,1H3,(H,14,15)(H,16,17)/t11-/m1/s1. The Balaban J connectivity index is 2.41. The number of carbonyl (C=O) groups is 2. The van der Waals surface area contributed by atoms with Crippen LogP contribution in [0.3, 0.4) is 0 Å². The maximum atomic E-state index is 11.7. The highest BCUT2D eigenvalue weighted by molar-refractivity contribution is 5.84. The molecule has 1 atom stereocenters. The van der Waals surface area contributed by atoms with E-state index in [2.05, 4.69) is 11.4 Å². The number of nitrogens with one attached hydrogen (secondary N) is 1. The van der Waals surface area contributed by atoms with Gasteiger partial charge in [0.15, 0.2) is 0 Å². The Labute approximate surface area is 102 Å². The van der Waals surface area contributed by atoms with Gasteiger partial charge < -0.3 is 10.4 Å². The van der Waals surface area contributed by atoms with Gasteiger partial charge in [0.05, 0.1) is 0 Å². The number of carboxylic acid groups (broad SMARTS) is 1. The minimum absolute atomic E-state index is 0.168. The zero-order valence-corrected chi connectivity index (χ0v) is 10.4. The van der Waals surface area contributed by atoms with Gasteiger partial charge in [0.1, 0.15) is 6.04 Å². The van der Waals surface area contributed by atoms with Crippen LogP contribution >= 0.6 is 0 Å². The Morgan fingerprint density at radius 1 is 1.47 bits per heavy atom. The Kier molecular flexibility index (Phi) is 5.73. The molecule has 0 aromatic carbocycles. The maximum Gasteiger partial charge on any atom is 0.326 e. The quantitative estimate of drug-likeness (QED) is 0.699. The monoisotopic (exact) mass is 239 g/mol. The summed E-state index contributed by atoms with van der Waals surface area (Å²) in [5.41, 5.74) is 1.15. The molecular formula is C13H21NO3. The summed E-state index contributed by atoms with van der Waals surface area (Å²) in [5, 5.41) is 11.5. The average molecular weight is 239 g/mol. The lowest BCUT2D eigenvalue weighted by molar-refractivity contribution is -0.141. The van der Waals surface area contributed by atoms with Crippen LogP contribution in [-0.4, -0.2) is 23.0 Å². The van der Waals surface area contributed by atoms with E-state index in [4.69, 9.17) is 5.11 Å². The average Bonchev–Trinajstić information content (AvgIpc) is 2.29. The molecule has 0 aromatic heterocycles. The number of carboxylic acids is 1. The van der Waals surface area contributed by atoms with Crippen LogP contribution in [0.15, 0.2) is 11.6 Å². The zero-order chi connectivity index (χ0) is 12.7. The molecule has 0 fully saturated rings. The summed E-state index contributed by atoms with van der Waals surface area (Å²) < 4.78 is 0. The van der Waals surface area contributed by atoms with Crippen LogP contribution in [0.2, 0.25) is 0 Å². The van der Waals surface area contributed by atoms with E-state index in [0.717, 1.165) is 31.3 Å². The van der Waals surface area contributed by atoms with Gasteiger partial charge in [-0.05, 0) is 32.1 Å². The molecule has 0 saturated carbocycles. The molecule has 0 unspecified atom stereocenters. The molecule has 0 aromatic rings. The van der Waals surface area contributed by atoms with Crippen molar-refractivity contribution in [3.05, 3.63) is 11.6 Å². The van der Waals surface area contributed by atoms with E-state index in [1.807, 2.05) is 6.92 Å². The van der Waals surface area contributed by atoms with Gasteiger partial charge in [0, 0.05) is 6.42 Å². The smallest absolute Gasteiger partial charge is 0.326 e. The van der Waals surface area contributed by atoms with Crippen molar-refractivity contribution in [1.29, 1.82) is 0 Å². The number of amides is 1. The maximum absolute atomic E-state index is 11.7. The molecule has 1 aliphatic carbocycles. The first-order valence-corrected chi connectivity index (χ1v) is 6.33. The minimum Gasteiger partial charge on any atom is -0.480 e.